The molecule has 0 radical (unpaired) electrons. The summed E-state index contributed by atoms with van der Waals surface area (Å²) in [5.74, 6) is -2.15. The van der Waals surface area contributed by atoms with Crippen LogP contribution in [0, 0.1) is 15.4 Å². The van der Waals surface area contributed by atoms with Gasteiger partial charge in [0, 0.05) is 21.4 Å². The summed E-state index contributed by atoms with van der Waals surface area (Å²) in [4.78, 5) is 42.6. The molecule has 4 aromatic rings. The van der Waals surface area contributed by atoms with Crippen LogP contribution in [-0.2, 0) is 26.3 Å². The fraction of sp³-hybridized carbons (Fsp3) is 0.176. The molecule has 2 bridgehead atoms. The Morgan fingerprint density at radius 3 is 2.12 bits per heavy atom. The number of nitrogens with one attached hydrogen (secondary N) is 2. The molecule has 1 heterocycles. The summed E-state index contributed by atoms with van der Waals surface area (Å²) in [7, 11) is 0. The van der Waals surface area contributed by atoms with E-state index in [9.17, 15) is 14.4 Å². The zero-order chi connectivity index (χ0) is 28.8. The standard InChI is InChI=1S/C34H27IN4O3/c35-22-14-16-23(17-15-22)36-18-28(40)38-37-20-34-26-12-6-4-10-24(26)29(25-11-5-7-13-27(25)34)30-31(34)33(42)39(32(30)41)19-21-8-2-1-3-9-21/h1-17,20,29-31,36H,18-19H2,(H,38,40)/b37-20-/t29?,30-,31-,34?/m0/s1. The first-order valence-corrected chi connectivity index (χ1v) is 15.0. The fourth-order valence-corrected chi connectivity index (χ4v) is 7.39. The van der Waals surface area contributed by atoms with E-state index >= 15 is 0 Å². The van der Waals surface area contributed by atoms with Crippen molar-refractivity contribution >= 4 is 52.2 Å². The molecule has 1 aliphatic heterocycles. The van der Waals surface area contributed by atoms with Crippen LogP contribution < -0.4 is 10.7 Å². The molecule has 42 heavy (non-hydrogen) atoms. The Bertz CT molecular complexity index is 1690. The van der Waals surface area contributed by atoms with Gasteiger partial charge in [-0.25, -0.2) is 5.43 Å². The van der Waals surface area contributed by atoms with E-state index in [1.807, 2.05) is 91.0 Å². The van der Waals surface area contributed by atoms with Crippen molar-refractivity contribution < 1.29 is 14.4 Å². The molecule has 0 unspecified atom stereocenters. The lowest BCUT2D eigenvalue weighted by Crippen LogP contribution is -2.54. The van der Waals surface area contributed by atoms with Crippen LogP contribution in [0.15, 0.2) is 108 Å². The summed E-state index contributed by atoms with van der Waals surface area (Å²) < 4.78 is 1.11. The van der Waals surface area contributed by atoms with Gasteiger partial charge >= 0.3 is 0 Å². The van der Waals surface area contributed by atoms with Gasteiger partial charge in [0.25, 0.3) is 5.91 Å². The average Bonchev–Trinajstić information content (AvgIpc) is 3.27. The quantitative estimate of drug-likeness (QED) is 0.125. The van der Waals surface area contributed by atoms with Crippen LogP contribution in [0.3, 0.4) is 0 Å². The second-order valence-corrected chi connectivity index (χ2v) is 12.2. The molecular formula is C34H27IN4O3. The van der Waals surface area contributed by atoms with Gasteiger partial charge in [-0.15, -0.1) is 0 Å². The van der Waals surface area contributed by atoms with Gasteiger partial charge in [0.05, 0.1) is 30.3 Å². The topological polar surface area (TPSA) is 90.9 Å². The maximum atomic E-state index is 14.3. The number of likely N-dealkylation sites (tertiary alicyclic amines) is 1. The van der Waals surface area contributed by atoms with Gasteiger partial charge in [0.1, 0.15) is 0 Å². The minimum absolute atomic E-state index is 0.0362. The largest absolute Gasteiger partial charge is 0.376 e. The van der Waals surface area contributed by atoms with Crippen LogP contribution in [0.25, 0.3) is 0 Å². The number of hydrogen-bond donors (Lipinski definition) is 2. The summed E-state index contributed by atoms with van der Waals surface area (Å²) in [5.41, 5.74) is 7.34. The summed E-state index contributed by atoms with van der Waals surface area (Å²) in [5, 5.41) is 7.57. The van der Waals surface area contributed by atoms with Gasteiger partial charge in [-0.1, -0.05) is 78.9 Å². The van der Waals surface area contributed by atoms with Crippen molar-refractivity contribution in [3.63, 3.8) is 0 Å². The number of benzene rings is 4. The Kier molecular flexibility index (Phi) is 6.65. The Labute approximate surface area is 257 Å². The highest BCUT2D eigenvalue weighted by molar-refractivity contribution is 14.1. The molecule has 2 N–H and O–H groups in total. The lowest BCUT2D eigenvalue weighted by molar-refractivity contribution is -0.140. The third kappa shape index (κ3) is 4.15. The zero-order valence-corrected chi connectivity index (χ0v) is 24.7. The van der Waals surface area contributed by atoms with Crippen molar-refractivity contribution in [3.8, 4) is 0 Å². The molecule has 2 atom stereocenters. The Morgan fingerprint density at radius 1 is 0.833 bits per heavy atom. The number of rotatable bonds is 7. The van der Waals surface area contributed by atoms with Crippen LogP contribution in [0.1, 0.15) is 33.7 Å². The molecular weight excluding hydrogens is 639 g/mol. The van der Waals surface area contributed by atoms with Crippen molar-refractivity contribution in [1.29, 1.82) is 0 Å². The fourth-order valence-electron chi connectivity index (χ4n) is 7.03. The molecule has 1 saturated heterocycles. The smallest absolute Gasteiger partial charge is 0.259 e. The normalized spacial score (nSPS) is 23.5. The minimum atomic E-state index is -1.01. The Balaban J connectivity index is 1.26. The first-order valence-electron chi connectivity index (χ1n) is 13.9. The van der Waals surface area contributed by atoms with Crippen LogP contribution in [0.4, 0.5) is 5.69 Å². The predicted molar refractivity (Wildman–Crippen MR) is 169 cm³/mol. The van der Waals surface area contributed by atoms with Gasteiger partial charge in [-0.2, -0.15) is 5.10 Å². The molecule has 3 aliphatic carbocycles. The van der Waals surface area contributed by atoms with Crippen molar-refractivity contribution in [1.82, 2.24) is 10.3 Å². The van der Waals surface area contributed by atoms with Crippen LogP contribution in [0.5, 0.6) is 0 Å². The summed E-state index contributed by atoms with van der Waals surface area (Å²) in [6, 6.07) is 33.4. The number of imide groups is 1. The number of halogens is 1. The van der Waals surface area contributed by atoms with Crippen molar-refractivity contribution in [2.24, 2.45) is 16.9 Å². The molecule has 8 rings (SSSR count). The number of nitrogens with zero attached hydrogens (tertiary/aromatic N) is 2. The SMILES string of the molecule is O=C(CNc1ccc(I)cc1)N/N=C\C12c3ccccc3C(c3ccccc31)[C@@H]1C(=O)N(Cc3ccccc3)C(=O)[C@H]12. The maximum Gasteiger partial charge on any atom is 0.259 e. The number of anilines is 1. The average molecular weight is 667 g/mol. The van der Waals surface area contributed by atoms with Crippen molar-refractivity contribution in [2.45, 2.75) is 17.9 Å². The minimum Gasteiger partial charge on any atom is -0.376 e. The van der Waals surface area contributed by atoms with Crippen molar-refractivity contribution in [3.05, 3.63) is 135 Å². The van der Waals surface area contributed by atoms with E-state index in [4.69, 9.17) is 0 Å². The Hall–Kier alpha value is -4.31. The highest BCUT2D eigenvalue weighted by Crippen LogP contribution is 2.63. The molecule has 7 nitrogen and oxygen atoms in total. The summed E-state index contributed by atoms with van der Waals surface area (Å²) >= 11 is 2.23. The van der Waals surface area contributed by atoms with Gasteiger partial charge in [0.2, 0.25) is 11.8 Å². The van der Waals surface area contributed by atoms with E-state index < -0.39 is 17.3 Å². The third-order valence-corrected chi connectivity index (χ3v) is 9.43. The molecule has 0 aromatic heterocycles. The lowest BCUT2D eigenvalue weighted by Gasteiger charge is -2.52. The van der Waals surface area contributed by atoms with E-state index in [1.165, 1.54) is 4.90 Å². The maximum absolute atomic E-state index is 14.3. The van der Waals surface area contributed by atoms with E-state index in [0.29, 0.717) is 0 Å². The van der Waals surface area contributed by atoms with E-state index in [-0.39, 0.29) is 36.7 Å². The molecule has 0 spiro atoms. The van der Waals surface area contributed by atoms with Crippen LogP contribution >= 0.6 is 22.6 Å². The number of amides is 3. The van der Waals surface area contributed by atoms with Gasteiger partial charge in [0.15, 0.2) is 0 Å². The van der Waals surface area contributed by atoms with Gasteiger partial charge < -0.3 is 5.32 Å². The van der Waals surface area contributed by atoms with Gasteiger partial charge in [-0.3, -0.25) is 19.3 Å². The summed E-state index contributed by atoms with van der Waals surface area (Å²) in [6.07, 6.45) is 1.69. The monoisotopic (exact) mass is 666 g/mol. The Morgan fingerprint density at radius 2 is 1.45 bits per heavy atom. The molecule has 8 heteroatoms. The molecule has 1 fully saturated rings. The molecule has 3 amide bonds. The lowest BCUT2D eigenvalue weighted by atomic mass is 9.47. The second-order valence-electron chi connectivity index (χ2n) is 10.9. The third-order valence-electron chi connectivity index (χ3n) is 8.71. The van der Waals surface area contributed by atoms with Crippen LogP contribution in [-0.4, -0.2) is 35.4 Å². The first-order chi connectivity index (χ1) is 20.5. The van der Waals surface area contributed by atoms with E-state index in [2.05, 4.69) is 50.6 Å². The number of carbonyl (C=O) groups is 3. The molecule has 0 saturated carbocycles. The second kappa shape index (κ2) is 10.5. The van der Waals surface area contributed by atoms with E-state index in [0.717, 1.165) is 37.1 Å². The molecule has 4 aromatic carbocycles. The number of hydrogen-bond acceptors (Lipinski definition) is 5. The zero-order valence-electron chi connectivity index (χ0n) is 22.5. The van der Waals surface area contributed by atoms with Crippen LogP contribution in [0.2, 0.25) is 0 Å². The molecule has 4 aliphatic rings. The highest BCUT2D eigenvalue weighted by atomic mass is 127. The van der Waals surface area contributed by atoms with Crippen molar-refractivity contribution in [2.75, 3.05) is 11.9 Å². The highest BCUT2D eigenvalue weighted by Gasteiger charge is 2.67. The van der Waals surface area contributed by atoms with E-state index in [1.54, 1.807) is 6.21 Å². The van der Waals surface area contributed by atoms with Gasteiger partial charge in [-0.05, 0) is 74.7 Å². The summed E-state index contributed by atoms with van der Waals surface area (Å²) in [6.45, 7) is 0.258. The molecule has 208 valence electrons. The first kappa shape index (κ1) is 26.6. The number of carbonyl (C=O) groups excluding carboxylic acids is 3. The predicted octanol–water partition coefficient (Wildman–Crippen LogP) is 5.05. The number of hydrazone groups is 1.